The number of halogens is 1. The van der Waals surface area contributed by atoms with Crippen LogP contribution < -0.4 is 4.74 Å². The maximum Gasteiger partial charge on any atom is 0.252 e. The zero-order valence-corrected chi connectivity index (χ0v) is 8.97. The van der Waals surface area contributed by atoms with Gasteiger partial charge < -0.3 is 4.74 Å². The van der Waals surface area contributed by atoms with Crippen LogP contribution in [0.15, 0.2) is 23.6 Å². The molecular weight excluding hydrogens is 220 g/mol. The summed E-state index contributed by atoms with van der Waals surface area (Å²) in [5.74, 6) is 0.354. The molecule has 0 aliphatic carbocycles. The van der Waals surface area contributed by atoms with Gasteiger partial charge in [0.1, 0.15) is 10.7 Å². The van der Waals surface area contributed by atoms with Crippen molar-refractivity contribution in [3.63, 3.8) is 0 Å². The fourth-order valence-corrected chi connectivity index (χ4v) is 1.94. The molecule has 3 nitrogen and oxygen atoms in total. The minimum atomic E-state index is 0.354. The number of ether oxygens (including phenoxy) is 1. The molecule has 14 heavy (non-hydrogen) atoms. The Kier molecular flexibility index (Phi) is 2.65. The van der Waals surface area contributed by atoms with Gasteiger partial charge in [-0.1, -0.05) is 17.7 Å². The van der Waals surface area contributed by atoms with Crippen molar-refractivity contribution in [3.8, 4) is 16.5 Å². The molecule has 0 aliphatic heterocycles. The molecule has 0 saturated heterocycles. The van der Waals surface area contributed by atoms with Gasteiger partial charge in [0.2, 0.25) is 0 Å². The normalized spacial score (nSPS) is 10.1. The van der Waals surface area contributed by atoms with Gasteiger partial charge in [-0.25, -0.2) is 0 Å². The van der Waals surface area contributed by atoms with E-state index in [0.717, 1.165) is 10.6 Å². The molecule has 5 heteroatoms. The highest BCUT2D eigenvalue weighted by molar-refractivity contribution is 7.13. The van der Waals surface area contributed by atoms with E-state index in [2.05, 4.69) is 10.2 Å². The van der Waals surface area contributed by atoms with E-state index < -0.39 is 0 Å². The lowest BCUT2D eigenvalue weighted by molar-refractivity contribution is 0.392. The molecule has 0 atom stereocenters. The Balaban J connectivity index is 2.43. The highest BCUT2D eigenvalue weighted by Crippen LogP contribution is 2.28. The zero-order valence-electron chi connectivity index (χ0n) is 7.40. The maximum atomic E-state index is 5.92. The monoisotopic (exact) mass is 226 g/mol. The summed E-state index contributed by atoms with van der Waals surface area (Å²) in [6.07, 6.45) is 0. The lowest BCUT2D eigenvalue weighted by Crippen LogP contribution is -1.92. The highest BCUT2D eigenvalue weighted by atomic mass is 35.5. The van der Waals surface area contributed by atoms with Crippen molar-refractivity contribution < 1.29 is 4.74 Å². The summed E-state index contributed by atoms with van der Waals surface area (Å²) in [7, 11) is 1.51. The van der Waals surface area contributed by atoms with Gasteiger partial charge >= 0.3 is 0 Å². The molecule has 0 aromatic carbocycles. The second-order valence-corrected chi connectivity index (χ2v) is 3.92. The molecule has 0 N–H and O–H groups in total. The van der Waals surface area contributed by atoms with Crippen LogP contribution in [0.4, 0.5) is 0 Å². The van der Waals surface area contributed by atoms with E-state index in [4.69, 9.17) is 16.3 Å². The molecule has 0 radical (unpaired) electrons. The van der Waals surface area contributed by atoms with Gasteiger partial charge in [-0.05, 0) is 17.5 Å². The molecule has 0 amide bonds. The van der Waals surface area contributed by atoms with Crippen LogP contribution in [0, 0.1) is 0 Å². The van der Waals surface area contributed by atoms with E-state index in [1.165, 1.54) is 7.11 Å². The van der Waals surface area contributed by atoms with Crippen LogP contribution in [-0.2, 0) is 0 Å². The Morgan fingerprint density at radius 3 is 2.86 bits per heavy atom. The fraction of sp³-hybridized carbons (Fsp3) is 0.111. The Morgan fingerprint density at radius 2 is 2.29 bits per heavy atom. The SMILES string of the molecule is COc1nnc(-c2cccs2)cc1Cl. The van der Waals surface area contributed by atoms with E-state index in [0.29, 0.717) is 10.9 Å². The first-order valence-corrected chi connectivity index (χ1v) is 5.18. The van der Waals surface area contributed by atoms with Gasteiger partial charge in [0.15, 0.2) is 0 Å². The summed E-state index contributed by atoms with van der Waals surface area (Å²) in [5.41, 5.74) is 0.769. The van der Waals surface area contributed by atoms with Crippen LogP contribution >= 0.6 is 22.9 Å². The molecule has 0 fully saturated rings. The van der Waals surface area contributed by atoms with Crippen molar-refractivity contribution in [3.05, 3.63) is 28.6 Å². The molecule has 0 saturated carbocycles. The Hall–Kier alpha value is -1.13. The third-order valence-corrected chi connectivity index (χ3v) is 2.85. The standard InChI is InChI=1S/C9H7ClN2OS/c1-13-9-6(10)5-7(11-12-9)8-3-2-4-14-8/h2-5H,1H3. The van der Waals surface area contributed by atoms with Crippen molar-refractivity contribution in [1.82, 2.24) is 10.2 Å². The predicted molar refractivity (Wildman–Crippen MR) is 56.9 cm³/mol. The van der Waals surface area contributed by atoms with Crippen molar-refractivity contribution in [2.75, 3.05) is 7.11 Å². The van der Waals surface area contributed by atoms with Crippen LogP contribution in [0.2, 0.25) is 5.02 Å². The number of aromatic nitrogens is 2. The maximum absolute atomic E-state index is 5.92. The molecule has 2 aromatic rings. The van der Waals surface area contributed by atoms with Crippen LogP contribution in [-0.4, -0.2) is 17.3 Å². The van der Waals surface area contributed by atoms with Gasteiger partial charge in [0, 0.05) is 0 Å². The summed E-state index contributed by atoms with van der Waals surface area (Å²) >= 11 is 7.52. The summed E-state index contributed by atoms with van der Waals surface area (Å²) in [6, 6.07) is 5.68. The first kappa shape index (κ1) is 9.43. The van der Waals surface area contributed by atoms with Crippen LogP contribution in [0.1, 0.15) is 0 Å². The van der Waals surface area contributed by atoms with Gasteiger partial charge in [-0.15, -0.1) is 21.5 Å². The summed E-state index contributed by atoms with van der Waals surface area (Å²) in [6.45, 7) is 0. The van der Waals surface area contributed by atoms with Crippen LogP contribution in [0.25, 0.3) is 10.6 Å². The molecular formula is C9H7ClN2OS. The smallest absolute Gasteiger partial charge is 0.252 e. The van der Waals surface area contributed by atoms with E-state index in [-0.39, 0.29) is 0 Å². The van der Waals surface area contributed by atoms with Crippen molar-refractivity contribution in [2.24, 2.45) is 0 Å². The summed E-state index contributed by atoms with van der Waals surface area (Å²) < 4.78 is 4.92. The Labute approximate surface area is 90.3 Å². The average Bonchev–Trinajstić information content (AvgIpc) is 2.70. The lowest BCUT2D eigenvalue weighted by atomic mass is 10.3. The first-order valence-electron chi connectivity index (χ1n) is 3.92. The second kappa shape index (κ2) is 3.94. The van der Waals surface area contributed by atoms with Crippen molar-refractivity contribution >= 4 is 22.9 Å². The highest BCUT2D eigenvalue weighted by Gasteiger charge is 2.07. The molecule has 2 aromatic heterocycles. The molecule has 72 valence electrons. The fourth-order valence-electron chi connectivity index (χ4n) is 1.04. The minimum Gasteiger partial charge on any atom is -0.479 e. The minimum absolute atomic E-state index is 0.354. The van der Waals surface area contributed by atoms with Crippen molar-refractivity contribution in [1.29, 1.82) is 0 Å². The van der Waals surface area contributed by atoms with E-state index >= 15 is 0 Å². The molecule has 2 rings (SSSR count). The van der Waals surface area contributed by atoms with E-state index in [1.807, 2.05) is 17.5 Å². The molecule has 0 spiro atoms. The molecule has 0 unspecified atom stereocenters. The summed E-state index contributed by atoms with van der Waals surface area (Å²) in [5, 5.41) is 10.3. The van der Waals surface area contributed by atoms with Crippen molar-refractivity contribution in [2.45, 2.75) is 0 Å². The average molecular weight is 227 g/mol. The quantitative estimate of drug-likeness (QED) is 0.790. The van der Waals surface area contributed by atoms with Gasteiger partial charge in [0.05, 0.1) is 12.0 Å². The van der Waals surface area contributed by atoms with E-state index in [9.17, 15) is 0 Å². The zero-order chi connectivity index (χ0) is 9.97. The molecule has 0 aliphatic rings. The third kappa shape index (κ3) is 1.71. The summed E-state index contributed by atoms with van der Waals surface area (Å²) in [4.78, 5) is 1.04. The Morgan fingerprint density at radius 1 is 1.43 bits per heavy atom. The van der Waals surface area contributed by atoms with Gasteiger partial charge in [-0.2, -0.15) is 0 Å². The van der Waals surface area contributed by atoms with Gasteiger partial charge in [0.25, 0.3) is 5.88 Å². The predicted octanol–water partition coefficient (Wildman–Crippen LogP) is 2.87. The number of hydrogen-bond donors (Lipinski definition) is 0. The topological polar surface area (TPSA) is 35.0 Å². The second-order valence-electron chi connectivity index (χ2n) is 2.56. The first-order chi connectivity index (χ1) is 6.81. The third-order valence-electron chi connectivity index (χ3n) is 1.68. The number of nitrogens with zero attached hydrogens (tertiary/aromatic N) is 2. The largest absolute Gasteiger partial charge is 0.479 e. The molecule has 2 heterocycles. The number of methoxy groups -OCH3 is 1. The number of thiophene rings is 1. The number of rotatable bonds is 2. The van der Waals surface area contributed by atoms with Crippen LogP contribution in [0.5, 0.6) is 5.88 Å². The van der Waals surface area contributed by atoms with Crippen LogP contribution in [0.3, 0.4) is 0 Å². The van der Waals surface area contributed by atoms with Gasteiger partial charge in [-0.3, -0.25) is 0 Å². The number of hydrogen-bond acceptors (Lipinski definition) is 4. The Bertz CT molecular complexity index is 430. The lowest BCUT2D eigenvalue weighted by Gasteiger charge is -2.01. The van der Waals surface area contributed by atoms with E-state index in [1.54, 1.807) is 17.4 Å². The molecule has 0 bridgehead atoms.